The van der Waals surface area contributed by atoms with Crippen LogP contribution in [0.5, 0.6) is 0 Å². The fourth-order valence-corrected chi connectivity index (χ4v) is 1.81. The Kier molecular flexibility index (Phi) is 2.48. The molecule has 3 nitrogen and oxygen atoms in total. The summed E-state index contributed by atoms with van der Waals surface area (Å²) in [7, 11) is 0. The Morgan fingerprint density at radius 3 is 3.07 bits per heavy atom. The molecule has 0 spiro atoms. The summed E-state index contributed by atoms with van der Waals surface area (Å²) in [5, 5.41) is 0. The number of aromatic nitrogens is 1. The van der Waals surface area contributed by atoms with E-state index in [1.165, 1.54) is 6.20 Å². The fourth-order valence-electron chi connectivity index (χ4n) is 1.81. The molecular weight excluding hydrogens is 183 g/mol. The molecule has 1 fully saturated rings. The van der Waals surface area contributed by atoms with Gasteiger partial charge in [0.1, 0.15) is 5.82 Å². The summed E-state index contributed by atoms with van der Waals surface area (Å²) < 4.78 is 18.7. The second kappa shape index (κ2) is 3.63. The van der Waals surface area contributed by atoms with E-state index in [0.717, 1.165) is 12.8 Å². The maximum absolute atomic E-state index is 13.4. The molecule has 1 unspecified atom stereocenters. The number of ether oxygens (including phenoxy) is 1. The predicted molar refractivity (Wildman–Crippen MR) is 50.1 cm³/mol. The van der Waals surface area contributed by atoms with E-state index in [1.807, 2.05) is 0 Å². The van der Waals surface area contributed by atoms with Gasteiger partial charge in [-0.15, -0.1) is 0 Å². The first kappa shape index (κ1) is 9.55. The molecular formula is C10H13FN2O. The molecule has 1 aromatic rings. The molecule has 0 saturated carbocycles. The van der Waals surface area contributed by atoms with Gasteiger partial charge in [-0.25, -0.2) is 4.39 Å². The Labute approximate surface area is 82.1 Å². The molecule has 1 aliphatic heterocycles. The quantitative estimate of drug-likeness (QED) is 0.733. The summed E-state index contributed by atoms with van der Waals surface area (Å²) in [4.78, 5) is 3.70. The minimum absolute atomic E-state index is 0.347. The maximum atomic E-state index is 13.4. The normalized spacial score (nSPS) is 27.6. The summed E-state index contributed by atoms with van der Waals surface area (Å²) in [5.41, 5.74) is 5.92. The largest absolute Gasteiger partial charge is 0.379 e. The van der Waals surface area contributed by atoms with E-state index in [4.69, 9.17) is 10.5 Å². The van der Waals surface area contributed by atoms with E-state index in [-0.39, 0.29) is 5.82 Å². The van der Waals surface area contributed by atoms with E-state index in [0.29, 0.717) is 18.8 Å². The van der Waals surface area contributed by atoms with Crippen LogP contribution in [-0.2, 0) is 10.3 Å². The summed E-state index contributed by atoms with van der Waals surface area (Å²) in [5.74, 6) is -0.347. The van der Waals surface area contributed by atoms with Crippen LogP contribution >= 0.6 is 0 Å². The van der Waals surface area contributed by atoms with Crippen molar-refractivity contribution in [3.05, 3.63) is 29.8 Å². The van der Waals surface area contributed by atoms with E-state index in [2.05, 4.69) is 4.98 Å². The molecule has 0 aromatic carbocycles. The van der Waals surface area contributed by atoms with Crippen molar-refractivity contribution in [2.45, 2.75) is 18.4 Å². The second-order valence-corrected chi connectivity index (χ2v) is 3.67. The van der Waals surface area contributed by atoms with Crippen LogP contribution in [0.4, 0.5) is 4.39 Å². The molecule has 2 heterocycles. The van der Waals surface area contributed by atoms with Crippen LogP contribution in [0.25, 0.3) is 0 Å². The number of pyridine rings is 1. The molecule has 0 amide bonds. The Hall–Kier alpha value is -1.00. The third kappa shape index (κ3) is 1.63. The van der Waals surface area contributed by atoms with Gasteiger partial charge in [0.05, 0.1) is 18.3 Å². The van der Waals surface area contributed by atoms with Gasteiger partial charge in [-0.2, -0.15) is 0 Å². The van der Waals surface area contributed by atoms with Crippen LogP contribution < -0.4 is 5.73 Å². The zero-order valence-corrected chi connectivity index (χ0v) is 7.87. The van der Waals surface area contributed by atoms with Crippen molar-refractivity contribution in [1.82, 2.24) is 4.98 Å². The highest BCUT2D eigenvalue weighted by Gasteiger charge is 2.32. The van der Waals surface area contributed by atoms with Crippen molar-refractivity contribution in [2.75, 3.05) is 13.2 Å². The zero-order valence-electron chi connectivity index (χ0n) is 7.87. The molecule has 2 rings (SSSR count). The van der Waals surface area contributed by atoms with Crippen LogP contribution in [-0.4, -0.2) is 18.2 Å². The molecule has 1 saturated heterocycles. The van der Waals surface area contributed by atoms with Gasteiger partial charge in [-0.3, -0.25) is 4.98 Å². The smallest absolute Gasteiger partial charge is 0.146 e. The maximum Gasteiger partial charge on any atom is 0.146 e. The van der Waals surface area contributed by atoms with E-state index < -0.39 is 5.54 Å². The number of hydrogen-bond acceptors (Lipinski definition) is 3. The number of hydrogen-bond donors (Lipinski definition) is 1. The van der Waals surface area contributed by atoms with E-state index in [9.17, 15) is 4.39 Å². The van der Waals surface area contributed by atoms with Gasteiger partial charge in [0, 0.05) is 18.4 Å². The van der Waals surface area contributed by atoms with Crippen LogP contribution in [0.15, 0.2) is 18.5 Å². The van der Waals surface area contributed by atoms with Gasteiger partial charge >= 0.3 is 0 Å². The van der Waals surface area contributed by atoms with E-state index >= 15 is 0 Å². The molecule has 2 N–H and O–H groups in total. The Morgan fingerprint density at radius 2 is 2.43 bits per heavy atom. The van der Waals surface area contributed by atoms with E-state index in [1.54, 1.807) is 12.3 Å². The molecule has 4 heteroatoms. The van der Waals surface area contributed by atoms with Crippen molar-refractivity contribution in [3.8, 4) is 0 Å². The molecule has 14 heavy (non-hydrogen) atoms. The number of nitrogens with zero attached hydrogens (tertiary/aromatic N) is 1. The lowest BCUT2D eigenvalue weighted by atomic mass is 9.86. The minimum atomic E-state index is -0.675. The van der Waals surface area contributed by atoms with Gasteiger partial charge in [0.15, 0.2) is 0 Å². The minimum Gasteiger partial charge on any atom is -0.379 e. The zero-order chi connectivity index (χ0) is 10.0. The molecule has 0 bridgehead atoms. The third-order valence-corrected chi connectivity index (χ3v) is 2.58. The number of rotatable bonds is 1. The van der Waals surface area contributed by atoms with Crippen molar-refractivity contribution in [3.63, 3.8) is 0 Å². The fraction of sp³-hybridized carbons (Fsp3) is 0.500. The van der Waals surface area contributed by atoms with Crippen LogP contribution in [0.1, 0.15) is 18.4 Å². The van der Waals surface area contributed by atoms with Crippen LogP contribution in [0.2, 0.25) is 0 Å². The van der Waals surface area contributed by atoms with Gasteiger partial charge < -0.3 is 10.5 Å². The highest BCUT2D eigenvalue weighted by atomic mass is 19.1. The average Bonchev–Trinajstić information content (AvgIpc) is 2.19. The van der Waals surface area contributed by atoms with Gasteiger partial charge in [-0.05, 0) is 18.9 Å². The molecule has 0 radical (unpaired) electrons. The SMILES string of the molecule is NC1(c2ccncc2F)CCCOC1. The first-order valence-corrected chi connectivity index (χ1v) is 4.69. The average molecular weight is 196 g/mol. The van der Waals surface area contributed by atoms with Crippen molar-refractivity contribution in [1.29, 1.82) is 0 Å². The lowest BCUT2D eigenvalue weighted by Crippen LogP contribution is -2.45. The summed E-state index contributed by atoms with van der Waals surface area (Å²) in [6.45, 7) is 1.10. The third-order valence-electron chi connectivity index (χ3n) is 2.58. The Morgan fingerprint density at radius 1 is 1.57 bits per heavy atom. The monoisotopic (exact) mass is 196 g/mol. The highest BCUT2D eigenvalue weighted by molar-refractivity contribution is 5.23. The van der Waals surface area contributed by atoms with Gasteiger partial charge in [-0.1, -0.05) is 0 Å². The van der Waals surface area contributed by atoms with Gasteiger partial charge in [0.2, 0.25) is 0 Å². The topological polar surface area (TPSA) is 48.1 Å². The summed E-state index contributed by atoms with van der Waals surface area (Å²) in [6.07, 6.45) is 4.38. The van der Waals surface area contributed by atoms with Crippen molar-refractivity contribution in [2.24, 2.45) is 5.73 Å². The van der Waals surface area contributed by atoms with Crippen LogP contribution in [0.3, 0.4) is 0 Å². The predicted octanol–water partition coefficient (Wildman–Crippen LogP) is 1.19. The number of halogens is 1. The standard InChI is InChI=1S/C10H13FN2O/c11-9-6-13-4-2-8(9)10(12)3-1-5-14-7-10/h2,4,6H,1,3,5,7,12H2. The van der Waals surface area contributed by atoms with Crippen molar-refractivity contribution < 1.29 is 9.13 Å². The first-order chi connectivity index (χ1) is 6.72. The summed E-state index contributed by atoms with van der Waals surface area (Å²) in [6, 6.07) is 1.63. The second-order valence-electron chi connectivity index (χ2n) is 3.67. The Balaban J connectivity index is 2.32. The summed E-state index contributed by atoms with van der Waals surface area (Å²) >= 11 is 0. The molecule has 76 valence electrons. The molecule has 1 aromatic heterocycles. The van der Waals surface area contributed by atoms with Crippen molar-refractivity contribution >= 4 is 0 Å². The van der Waals surface area contributed by atoms with Gasteiger partial charge in [0.25, 0.3) is 0 Å². The molecule has 1 aliphatic rings. The lowest BCUT2D eigenvalue weighted by Gasteiger charge is -2.33. The lowest BCUT2D eigenvalue weighted by molar-refractivity contribution is 0.0351. The highest BCUT2D eigenvalue weighted by Crippen LogP contribution is 2.28. The molecule has 1 atom stereocenters. The Bertz CT molecular complexity index is 324. The number of nitrogens with two attached hydrogens (primary N) is 1. The first-order valence-electron chi connectivity index (χ1n) is 4.69. The van der Waals surface area contributed by atoms with Crippen LogP contribution in [0, 0.1) is 5.82 Å². The molecule has 0 aliphatic carbocycles.